The van der Waals surface area contributed by atoms with E-state index in [1.807, 2.05) is 0 Å². The number of halogens is 3. The summed E-state index contributed by atoms with van der Waals surface area (Å²) in [4.78, 5) is 44.4. The Hall–Kier alpha value is -6.22. The van der Waals surface area contributed by atoms with Crippen LogP contribution in [0.5, 0.6) is 11.8 Å². The molecule has 15 nitrogen and oxygen atoms in total. The molecular weight excluding hydrogens is 784 g/mol. The number of pyridine rings is 1. The number of anilines is 1. The number of imidazole rings is 1. The zero-order valence-corrected chi connectivity index (χ0v) is 33.7. The summed E-state index contributed by atoms with van der Waals surface area (Å²) in [6.45, 7) is 6.86. The summed E-state index contributed by atoms with van der Waals surface area (Å²) in [7, 11) is 1.48. The van der Waals surface area contributed by atoms with E-state index in [1.165, 1.54) is 47.2 Å². The monoisotopic (exact) mass is 827 g/mol. The number of amides is 1. The van der Waals surface area contributed by atoms with Crippen LogP contribution in [0.4, 0.5) is 29.7 Å². The Morgan fingerprint density at radius 3 is 2.62 bits per heavy atom. The number of hydrazine groups is 1. The number of terminal acetylenes is 1. The number of nitro groups is 1. The van der Waals surface area contributed by atoms with Crippen molar-refractivity contribution in [3.63, 3.8) is 0 Å². The molecule has 0 N–H and O–H groups in total. The molecule has 314 valence electrons. The molecule has 3 aliphatic rings. The van der Waals surface area contributed by atoms with Gasteiger partial charge in [0.05, 0.1) is 23.5 Å². The Balaban J connectivity index is 1.28. The first-order valence-electron chi connectivity index (χ1n) is 19.8. The van der Waals surface area contributed by atoms with Crippen LogP contribution in [0.1, 0.15) is 70.6 Å². The molecule has 18 heteroatoms. The third kappa shape index (κ3) is 7.57. The zero-order valence-electron chi connectivity index (χ0n) is 33.7. The van der Waals surface area contributed by atoms with Gasteiger partial charge in [-0.25, -0.2) is 27.5 Å². The first-order valence-corrected chi connectivity index (χ1v) is 19.8. The highest BCUT2D eigenvalue weighted by Crippen LogP contribution is 2.42. The number of alkyl halides is 1. The average Bonchev–Trinajstić information content (AvgIpc) is 3.78. The number of nitrogens with zero attached hydrogens (tertiary/aromatic N) is 9. The van der Waals surface area contributed by atoms with E-state index in [9.17, 15) is 19.3 Å². The van der Waals surface area contributed by atoms with E-state index in [-0.39, 0.29) is 76.3 Å². The minimum absolute atomic E-state index is 0.0579. The van der Waals surface area contributed by atoms with Gasteiger partial charge in [-0.15, -0.1) is 6.42 Å². The molecule has 3 aromatic heterocycles. The molecular formula is C42H44F3N9O6. The van der Waals surface area contributed by atoms with Crippen LogP contribution in [0.3, 0.4) is 0 Å². The fourth-order valence-electron chi connectivity index (χ4n) is 8.50. The molecule has 5 aromatic rings. The molecule has 0 unspecified atom stereocenters. The van der Waals surface area contributed by atoms with Crippen LogP contribution < -0.4 is 14.5 Å². The molecule has 0 spiro atoms. The summed E-state index contributed by atoms with van der Waals surface area (Å²) in [6, 6.07) is 5.54. The largest absolute Gasteiger partial charge is 0.486 e. The average molecular weight is 828 g/mol. The lowest BCUT2D eigenvalue weighted by Gasteiger charge is -2.36. The van der Waals surface area contributed by atoms with Crippen molar-refractivity contribution in [1.82, 2.24) is 34.4 Å². The first kappa shape index (κ1) is 40.6. The molecule has 6 heterocycles. The fourth-order valence-corrected chi connectivity index (χ4v) is 8.50. The molecule has 0 radical (unpaired) electrons. The van der Waals surface area contributed by atoms with E-state index < -0.39 is 40.0 Å². The maximum atomic E-state index is 17.6. The lowest BCUT2D eigenvalue weighted by molar-refractivity contribution is -0.396. The zero-order chi connectivity index (χ0) is 42.5. The number of carbonyl (C=O) groups excluding carboxylic acids is 1. The van der Waals surface area contributed by atoms with Gasteiger partial charge >= 0.3 is 18.1 Å². The van der Waals surface area contributed by atoms with Gasteiger partial charge in [-0.05, 0) is 87.9 Å². The molecule has 2 atom stereocenters. The smallest absolute Gasteiger partial charge is 0.434 e. The van der Waals surface area contributed by atoms with Crippen molar-refractivity contribution in [2.75, 3.05) is 37.8 Å². The first-order chi connectivity index (χ1) is 28.7. The predicted molar refractivity (Wildman–Crippen MR) is 215 cm³/mol. The second-order valence-corrected chi connectivity index (χ2v) is 16.5. The standard InChI is InChI=1S/C42H44F3N9O6/c1-6-29-32(44)12-11-25-17-28(58-23-27-20-47-39(50(27)5)54(56)57)18-30(33(25)29)35-34(45)36-31(21-46-35)37(52-15-8-7-9-16-53(52)40(55)60-41(2,3)4)49-38(48-36)59-24-42-13-10-14-51(42)22-26(43)19-42/h1,11-12,17-18,20-21,26H,7-10,13-16,19,22-24H2,2-5H3/t26-,42+/m1/s1. The van der Waals surface area contributed by atoms with Gasteiger partial charge in [0.1, 0.15) is 54.0 Å². The van der Waals surface area contributed by atoms with Crippen molar-refractivity contribution in [1.29, 1.82) is 0 Å². The van der Waals surface area contributed by atoms with Crippen molar-refractivity contribution in [3.8, 4) is 35.4 Å². The lowest BCUT2D eigenvalue weighted by atomic mass is 9.95. The molecule has 0 aliphatic carbocycles. The highest BCUT2D eigenvalue weighted by atomic mass is 19.1. The number of ether oxygens (including phenoxy) is 3. The Morgan fingerprint density at radius 1 is 1.07 bits per heavy atom. The summed E-state index contributed by atoms with van der Waals surface area (Å²) in [5.41, 5.74) is -1.50. The summed E-state index contributed by atoms with van der Waals surface area (Å²) in [5, 5.41) is 15.2. The Labute approximate surface area is 343 Å². The third-order valence-electron chi connectivity index (χ3n) is 11.3. The van der Waals surface area contributed by atoms with Gasteiger partial charge in [0.25, 0.3) is 0 Å². The maximum Gasteiger partial charge on any atom is 0.434 e. The number of carbonyl (C=O) groups is 1. The van der Waals surface area contributed by atoms with Crippen LogP contribution in [0, 0.1) is 34.1 Å². The molecule has 3 saturated heterocycles. The number of hydrogen-bond acceptors (Lipinski definition) is 12. The topological polar surface area (TPSA) is 154 Å². The molecule has 60 heavy (non-hydrogen) atoms. The van der Waals surface area contributed by atoms with Gasteiger partial charge in [-0.3, -0.25) is 14.9 Å². The van der Waals surface area contributed by atoms with Gasteiger partial charge in [-0.1, -0.05) is 17.0 Å². The van der Waals surface area contributed by atoms with E-state index >= 15 is 8.78 Å². The van der Waals surface area contributed by atoms with E-state index in [1.54, 1.807) is 31.8 Å². The minimum atomic E-state index is -1.01. The molecule has 0 saturated carbocycles. The van der Waals surface area contributed by atoms with E-state index in [2.05, 4.69) is 25.8 Å². The number of rotatable bonds is 9. The van der Waals surface area contributed by atoms with E-state index in [0.29, 0.717) is 50.0 Å². The summed E-state index contributed by atoms with van der Waals surface area (Å²) >= 11 is 0. The molecule has 3 fully saturated rings. The van der Waals surface area contributed by atoms with Gasteiger partial charge in [0.15, 0.2) is 17.3 Å². The Bertz CT molecular complexity index is 2560. The van der Waals surface area contributed by atoms with Crippen LogP contribution in [0.15, 0.2) is 36.7 Å². The minimum Gasteiger partial charge on any atom is -0.486 e. The summed E-state index contributed by atoms with van der Waals surface area (Å²) in [5.74, 6) is 0.735. The number of benzene rings is 2. The highest BCUT2D eigenvalue weighted by Gasteiger charge is 2.49. The van der Waals surface area contributed by atoms with Crippen LogP contribution in [-0.2, 0) is 18.4 Å². The van der Waals surface area contributed by atoms with Crippen LogP contribution in [0.2, 0.25) is 0 Å². The fraction of sp³-hybridized carbons (Fsp3) is 0.452. The van der Waals surface area contributed by atoms with Crippen molar-refractivity contribution in [3.05, 3.63) is 69.7 Å². The van der Waals surface area contributed by atoms with Gasteiger partial charge in [0, 0.05) is 43.2 Å². The second-order valence-electron chi connectivity index (χ2n) is 16.5. The number of hydrogen-bond donors (Lipinski definition) is 0. The molecule has 0 bridgehead atoms. The molecule has 1 amide bonds. The second kappa shape index (κ2) is 15.8. The summed E-state index contributed by atoms with van der Waals surface area (Å²) in [6.07, 6.45) is 10.9. The van der Waals surface area contributed by atoms with Crippen molar-refractivity contribution in [2.24, 2.45) is 7.05 Å². The SMILES string of the molecule is C#Cc1c(F)ccc2cc(OCc3cnc([N+](=O)[O-])n3C)cc(-c3ncc4c(N5CCCCCN5C(=O)OC(C)(C)C)nc(OC[C@@]56CCCN5C[C@H](F)C6)nc4c3F)c12. The van der Waals surface area contributed by atoms with Crippen LogP contribution >= 0.6 is 0 Å². The van der Waals surface area contributed by atoms with Crippen LogP contribution in [0.25, 0.3) is 32.9 Å². The third-order valence-corrected chi connectivity index (χ3v) is 11.3. The lowest BCUT2D eigenvalue weighted by Crippen LogP contribution is -2.49. The van der Waals surface area contributed by atoms with Gasteiger partial charge in [0.2, 0.25) is 0 Å². The van der Waals surface area contributed by atoms with Crippen molar-refractivity contribution >= 4 is 39.5 Å². The van der Waals surface area contributed by atoms with E-state index in [0.717, 1.165) is 19.4 Å². The normalized spacial score (nSPS) is 19.7. The summed E-state index contributed by atoms with van der Waals surface area (Å²) < 4.78 is 67.1. The molecule has 3 aliphatic heterocycles. The maximum absolute atomic E-state index is 17.6. The molecule has 2 aromatic carbocycles. The Morgan fingerprint density at radius 2 is 1.87 bits per heavy atom. The van der Waals surface area contributed by atoms with Crippen molar-refractivity contribution in [2.45, 2.75) is 83.2 Å². The van der Waals surface area contributed by atoms with Crippen LogP contribution in [-0.4, -0.2) is 95.5 Å². The number of fused-ring (bicyclic) bond motifs is 3. The molecule has 8 rings (SSSR count). The van der Waals surface area contributed by atoms with Crippen molar-refractivity contribution < 1.29 is 37.1 Å². The van der Waals surface area contributed by atoms with Gasteiger partial charge in [-0.2, -0.15) is 9.97 Å². The van der Waals surface area contributed by atoms with Gasteiger partial charge < -0.3 is 24.3 Å². The quantitative estimate of drug-likeness (QED) is 0.0825. The van der Waals surface area contributed by atoms with E-state index in [4.69, 9.17) is 25.6 Å². The Kier molecular flexibility index (Phi) is 10.6. The highest BCUT2D eigenvalue weighted by molar-refractivity contribution is 6.03. The number of aromatic nitrogens is 5. The predicted octanol–water partition coefficient (Wildman–Crippen LogP) is 7.42.